The van der Waals surface area contributed by atoms with Gasteiger partial charge in [0, 0.05) is 17.7 Å². The van der Waals surface area contributed by atoms with Gasteiger partial charge in [0.05, 0.1) is 21.8 Å². The molecule has 0 saturated heterocycles. The molecule has 6 heteroatoms. The zero-order valence-corrected chi connectivity index (χ0v) is 18.0. The van der Waals surface area contributed by atoms with Crippen molar-refractivity contribution in [2.24, 2.45) is 0 Å². The van der Waals surface area contributed by atoms with E-state index in [1.165, 1.54) is 0 Å². The summed E-state index contributed by atoms with van der Waals surface area (Å²) in [4.78, 5) is 12.5. The number of thioether (sulfide) groups is 1. The van der Waals surface area contributed by atoms with Crippen molar-refractivity contribution >= 4 is 40.9 Å². The summed E-state index contributed by atoms with van der Waals surface area (Å²) in [7, 11) is 0. The summed E-state index contributed by atoms with van der Waals surface area (Å²) >= 11 is 13.5. The summed E-state index contributed by atoms with van der Waals surface area (Å²) in [5, 5.41) is 4.25. The highest BCUT2D eigenvalue weighted by Crippen LogP contribution is 2.39. The number of ether oxygens (including phenoxy) is 1. The Labute approximate surface area is 174 Å². The number of amides is 1. The Balaban J connectivity index is 1.59. The lowest BCUT2D eigenvalue weighted by atomic mass is 9.89. The molecule has 1 aliphatic heterocycles. The number of aryl methyl sites for hydroxylation is 1. The molecule has 144 valence electrons. The molecule has 0 radical (unpaired) electrons. The van der Waals surface area contributed by atoms with Crippen molar-refractivity contribution in [3.05, 3.63) is 63.1 Å². The minimum Gasteiger partial charge on any atom is -0.487 e. The van der Waals surface area contributed by atoms with E-state index in [0.29, 0.717) is 21.6 Å². The first-order valence-electron chi connectivity index (χ1n) is 8.84. The van der Waals surface area contributed by atoms with E-state index in [4.69, 9.17) is 27.9 Å². The third-order valence-corrected chi connectivity index (χ3v) is 6.19. The van der Waals surface area contributed by atoms with Crippen LogP contribution in [-0.2, 0) is 10.5 Å². The fourth-order valence-electron chi connectivity index (χ4n) is 3.21. The van der Waals surface area contributed by atoms with Crippen LogP contribution in [0.25, 0.3) is 0 Å². The average molecular weight is 424 g/mol. The van der Waals surface area contributed by atoms with E-state index < -0.39 is 0 Å². The van der Waals surface area contributed by atoms with Crippen molar-refractivity contribution in [2.75, 3.05) is 5.75 Å². The van der Waals surface area contributed by atoms with Gasteiger partial charge in [-0.15, -0.1) is 11.8 Å². The van der Waals surface area contributed by atoms with Gasteiger partial charge in [-0.1, -0.05) is 41.4 Å². The number of benzene rings is 2. The minimum atomic E-state index is -0.314. The fraction of sp³-hybridized carbons (Fsp3) is 0.381. The maximum atomic E-state index is 12.5. The van der Waals surface area contributed by atoms with Crippen molar-refractivity contribution in [3.8, 4) is 5.75 Å². The second-order valence-electron chi connectivity index (χ2n) is 7.47. The first-order valence-corrected chi connectivity index (χ1v) is 10.8. The molecule has 0 bridgehead atoms. The topological polar surface area (TPSA) is 38.3 Å². The highest BCUT2D eigenvalue weighted by molar-refractivity contribution is 7.99. The monoisotopic (exact) mass is 423 g/mol. The van der Waals surface area contributed by atoms with Crippen LogP contribution < -0.4 is 10.1 Å². The average Bonchev–Trinajstić information content (AvgIpc) is 2.56. The Hall–Kier alpha value is -1.36. The third kappa shape index (κ3) is 5.34. The first kappa shape index (κ1) is 20.4. The molecule has 3 rings (SSSR count). The Morgan fingerprint density at radius 1 is 1.22 bits per heavy atom. The Morgan fingerprint density at radius 3 is 2.74 bits per heavy atom. The lowest BCUT2D eigenvalue weighted by Crippen LogP contribution is -2.41. The minimum absolute atomic E-state index is 0.0225. The van der Waals surface area contributed by atoms with Crippen LogP contribution in [0.4, 0.5) is 0 Å². The van der Waals surface area contributed by atoms with Crippen molar-refractivity contribution in [1.29, 1.82) is 0 Å². The molecule has 1 aliphatic rings. The van der Waals surface area contributed by atoms with Crippen molar-refractivity contribution in [2.45, 2.75) is 44.6 Å². The highest BCUT2D eigenvalue weighted by atomic mass is 35.5. The van der Waals surface area contributed by atoms with Crippen LogP contribution in [0.2, 0.25) is 10.0 Å². The van der Waals surface area contributed by atoms with Gasteiger partial charge in [0.2, 0.25) is 5.91 Å². The van der Waals surface area contributed by atoms with Gasteiger partial charge in [0.25, 0.3) is 0 Å². The Morgan fingerprint density at radius 2 is 2.00 bits per heavy atom. The summed E-state index contributed by atoms with van der Waals surface area (Å²) in [5.74, 6) is 1.98. The van der Waals surface area contributed by atoms with Crippen LogP contribution in [0.1, 0.15) is 43.0 Å². The van der Waals surface area contributed by atoms with Crippen LogP contribution in [0, 0.1) is 6.92 Å². The number of rotatable bonds is 5. The van der Waals surface area contributed by atoms with Gasteiger partial charge in [-0.05, 0) is 50.1 Å². The normalized spacial score (nSPS) is 17.7. The van der Waals surface area contributed by atoms with Gasteiger partial charge in [-0.25, -0.2) is 0 Å². The van der Waals surface area contributed by atoms with Gasteiger partial charge < -0.3 is 10.1 Å². The van der Waals surface area contributed by atoms with Gasteiger partial charge in [-0.2, -0.15) is 0 Å². The van der Waals surface area contributed by atoms with Gasteiger partial charge in [0.15, 0.2) is 0 Å². The van der Waals surface area contributed by atoms with Crippen LogP contribution in [0.5, 0.6) is 5.75 Å². The molecule has 0 spiro atoms. The molecule has 1 atom stereocenters. The van der Waals surface area contributed by atoms with Crippen LogP contribution in [-0.4, -0.2) is 17.3 Å². The second kappa shape index (κ2) is 8.34. The zero-order chi connectivity index (χ0) is 19.6. The maximum absolute atomic E-state index is 12.5. The predicted molar refractivity (Wildman–Crippen MR) is 114 cm³/mol. The highest BCUT2D eigenvalue weighted by Gasteiger charge is 2.34. The van der Waals surface area contributed by atoms with Crippen LogP contribution in [0.3, 0.4) is 0 Å². The van der Waals surface area contributed by atoms with Crippen LogP contribution >= 0.6 is 35.0 Å². The molecular weight excluding hydrogens is 401 g/mol. The number of nitrogens with one attached hydrogen (secondary N) is 1. The zero-order valence-electron chi connectivity index (χ0n) is 15.6. The summed E-state index contributed by atoms with van der Waals surface area (Å²) in [6.45, 7) is 6.14. The molecule has 1 heterocycles. The summed E-state index contributed by atoms with van der Waals surface area (Å²) in [5.41, 5.74) is 2.93. The molecule has 0 saturated carbocycles. The molecular formula is C21H23Cl2NO2S. The molecule has 2 aromatic carbocycles. The molecule has 2 aromatic rings. The lowest BCUT2D eigenvalue weighted by molar-refractivity contribution is -0.119. The maximum Gasteiger partial charge on any atom is 0.230 e. The quantitative estimate of drug-likeness (QED) is 0.644. The van der Waals surface area contributed by atoms with E-state index in [1.54, 1.807) is 17.8 Å². The number of hydrogen-bond donors (Lipinski definition) is 1. The Bertz CT molecular complexity index is 854. The smallest absolute Gasteiger partial charge is 0.230 e. The Kier molecular flexibility index (Phi) is 6.29. The first-order chi connectivity index (χ1) is 12.7. The van der Waals surface area contributed by atoms with Gasteiger partial charge >= 0.3 is 0 Å². The van der Waals surface area contributed by atoms with Crippen molar-refractivity contribution in [3.63, 3.8) is 0 Å². The standard InChI is InChI=1S/C21H23Cl2NO2S/c1-13-4-6-15-18(10-21(2,3)26-19(15)8-13)24-20(25)12-27-11-14-5-7-16(22)17(23)9-14/h4-9,18H,10-12H2,1-3H3,(H,24,25). The van der Waals surface area contributed by atoms with E-state index in [1.807, 2.05) is 31.2 Å². The van der Waals surface area contributed by atoms with E-state index in [0.717, 1.165) is 28.9 Å². The summed E-state index contributed by atoms with van der Waals surface area (Å²) in [6, 6.07) is 11.7. The lowest BCUT2D eigenvalue weighted by Gasteiger charge is -2.38. The number of halogens is 2. The molecule has 0 fully saturated rings. The summed E-state index contributed by atoms with van der Waals surface area (Å²) in [6.07, 6.45) is 0.742. The van der Waals surface area contributed by atoms with Gasteiger partial charge in [0.1, 0.15) is 11.4 Å². The number of carbonyl (C=O) groups is 1. The molecule has 1 amide bonds. The summed E-state index contributed by atoms with van der Waals surface area (Å²) < 4.78 is 6.09. The van der Waals surface area contributed by atoms with E-state index >= 15 is 0 Å². The van der Waals surface area contributed by atoms with Gasteiger partial charge in [-0.3, -0.25) is 4.79 Å². The molecule has 1 unspecified atom stereocenters. The molecule has 3 nitrogen and oxygen atoms in total. The molecule has 0 aliphatic carbocycles. The molecule has 27 heavy (non-hydrogen) atoms. The number of carbonyl (C=O) groups excluding carboxylic acids is 1. The number of hydrogen-bond acceptors (Lipinski definition) is 3. The van der Waals surface area contributed by atoms with Crippen molar-refractivity contribution < 1.29 is 9.53 Å². The fourth-order valence-corrected chi connectivity index (χ4v) is 4.32. The molecule has 0 aromatic heterocycles. The SMILES string of the molecule is Cc1ccc2c(c1)OC(C)(C)CC2NC(=O)CSCc1ccc(Cl)c(Cl)c1. The predicted octanol–water partition coefficient (Wildman–Crippen LogP) is 5.95. The van der Waals surface area contributed by atoms with E-state index in [2.05, 4.69) is 25.2 Å². The number of fused-ring (bicyclic) bond motifs is 1. The molecule has 1 N–H and O–H groups in total. The third-order valence-electron chi connectivity index (χ3n) is 4.45. The second-order valence-corrected chi connectivity index (χ2v) is 9.27. The van der Waals surface area contributed by atoms with E-state index in [-0.39, 0.29) is 17.6 Å². The van der Waals surface area contributed by atoms with Crippen LogP contribution in [0.15, 0.2) is 36.4 Å². The largest absolute Gasteiger partial charge is 0.487 e. The van der Waals surface area contributed by atoms with E-state index in [9.17, 15) is 4.79 Å². The van der Waals surface area contributed by atoms with Crippen molar-refractivity contribution in [1.82, 2.24) is 5.32 Å².